The molecule has 3 saturated heterocycles. The van der Waals surface area contributed by atoms with E-state index >= 15 is 0 Å². The summed E-state index contributed by atoms with van der Waals surface area (Å²) in [6.07, 6.45) is 6.92. The average Bonchev–Trinajstić information content (AvgIpc) is 3.22. The average molecular weight is 348 g/mol. The molecule has 5 rings (SSSR count). The Kier molecular flexibility index (Phi) is 5.03. The van der Waals surface area contributed by atoms with Crippen molar-refractivity contribution in [1.82, 2.24) is 19.9 Å². The molecule has 2 bridgehead atoms. The predicted molar refractivity (Wildman–Crippen MR) is 90.9 cm³/mol. The standard InChI is InChI=1S/C18H28N4O3/c1-24-9-8-22-15-7-6-14(18(22)23)10-21(11-15)12-16-19-17(25-20-16)13-4-2-3-5-13/h13-15H,2-12H2,1H3/t14-,15+/m1/s1. The number of methoxy groups -OCH3 is 1. The van der Waals surface area contributed by atoms with E-state index in [4.69, 9.17) is 9.26 Å². The van der Waals surface area contributed by atoms with Crippen LogP contribution in [-0.4, -0.2) is 65.2 Å². The minimum atomic E-state index is 0.0943. The first-order chi connectivity index (χ1) is 12.2. The monoisotopic (exact) mass is 348 g/mol. The fourth-order valence-electron chi connectivity index (χ4n) is 4.61. The molecule has 1 aromatic heterocycles. The Hall–Kier alpha value is -1.47. The second-order valence-corrected chi connectivity index (χ2v) is 7.68. The molecule has 7 heteroatoms. The molecule has 0 N–H and O–H groups in total. The molecule has 4 heterocycles. The Morgan fingerprint density at radius 2 is 2.00 bits per heavy atom. The molecular formula is C18H28N4O3. The molecule has 0 spiro atoms. The zero-order valence-electron chi connectivity index (χ0n) is 15.0. The van der Waals surface area contributed by atoms with Crippen molar-refractivity contribution in [2.24, 2.45) is 5.92 Å². The molecule has 0 aromatic carbocycles. The lowest BCUT2D eigenvalue weighted by Crippen LogP contribution is -2.49. The van der Waals surface area contributed by atoms with Crippen LogP contribution < -0.4 is 0 Å². The van der Waals surface area contributed by atoms with Gasteiger partial charge in [0.15, 0.2) is 5.82 Å². The molecule has 25 heavy (non-hydrogen) atoms. The maximum atomic E-state index is 12.7. The molecule has 1 saturated carbocycles. The number of piperidine rings is 1. The van der Waals surface area contributed by atoms with Gasteiger partial charge in [0.05, 0.1) is 19.1 Å². The number of carbonyl (C=O) groups is 1. The summed E-state index contributed by atoms with van der Waals surface area (Å²) in [5.74, 6) is 2.40. The zero-order valence-corrected chi connectivity index (χ0v) is 15.0. The van der Waals surface area contributed by atoms with Crippen molar-refractivity contribution in [3.05, 3.63) is 11.7 Å². The zero-order chi connectivity index (χ0) is 17.2. The van der Waals surface area contributed by atoms with Gasteiger partial charge in [-0.1, -0.05) is 18.0 Å². The van der Waals surface area contributed by atoms with Crippen LogP contribution in [0, 0.1) is 5.92 Å². The van der Waals surface area contributed by atoms with Gasteiger partial charge in [-0.15, -0.1) is 0 Å². The molecule has 1 amide bonds. The van der Waals surface area contributed by atoms with Crippen LogP contribution in [0.4, 0.5) is 0 Å². The molecule has 7 nitrogen and oxygen atoms in total. The van der Waals surface area contributed by atoms with Gasteiger partial charge in [0.1, 0.15) is 0 Å². The molecule has 4 fully saturated rings. The van der Waals surface area contributed by atoms with E-state index in [0.717, 1.165) is 37.6 Å². The van der Waals surface area contributed by atoms with Gasteiger partial charge in [0, 0.05) is 38.7 Å². The third-order valence-electron chi connectivity index (χ3n) is 5.96. The topological polar surface area (TPSA) is 71.7 Å². The molecular weight excluding hydrogens is 320 g/mol. The van der Waals surface area contributed by atoms with Crippen molar-refractivity contribution in [2.75, 3.05) is 33.4 Å². The van der Waals surface area contributed by atoms with Crippen molar-refractivity contribution in [2.45, 2.75) is 57.0 Å². The number of nitrogens with zero attached hydrogens (tertiary/aromatic N) is 4. The number of carbonyl (C=O) groups excluding carboxylic acids is 1. The smallest absolute Gasteiger partial charge is 0.229 e. The van der Waals surface area contributed by atoms with E-state index < -0.39 is 0 Å². The minimum absolute atomic E-state index is 0.0943. The minimum Gasteiger partial charge on any atom is -0.383 e. The van der Waals surface area contributed by atoms with Crippen LogP contribution in [0.2, 0.25) is 0 Å². The Morgan fingerprint density at radius 3 is 2.80 bits per heavy atom. The SMILES string of the molecule is COCCN1C(=O)[C@@H]2CC[C@H]1CN(Cc1noc(C3CCCC3)n1)C2. The summed E-state index contributed by atoms with van der Waals surface area (Å²) >= 11 is 0. The van der Waals surface area contributed by atoms with Crippen LogP contribution in [0.15, 0.2) is 4.52 Å². The van der Waals surface area contributed by atoms with Gasteiger partial charge in [-0.3, -0.25) is 9.69 Å². The largest absolute Gasteiger partial charge is 0.383 e. The number of aromatic nitrogens is 2. The van der Waals surface area contributed by atoms with E-state index in [9.17, 15) is 4.79 Å². The quantitative estimate of drug-likeness (QED) is 0.781. The van der Waals surface area contributed by atoms with Gasteiger partial charge in [0.2, 0.25) is 11.8 Å². The lowest BCUT2D eigenvalue weighted by molar-refractivity contribution is -0.140. The van der Waals surface area contributed by atoms with E-state index in [1.54, 1.807) is 7.11 Å². The normalized spacial score (nSPS) is 28.0. The first kappa shape index (κ1) is 17.0. The van der Waals surface area contributed by atoms with Crippen molar-refractivity contribution in [3.63, 3.8) is 0 Å². The van der Waals surface area contributed by atoms with Gasteiger partial charge in [-0.2, -0.15) is 4.98 Å². The Bertz CT molecular complexity index is 599. The second kappa shape index (κ2) is 7.41. The van der Waals surface area contributed by atoms with Gasteiger partial charge in [-0.25, -0.2) is 0 Å². The van der Waals surface area contributed by atoms with E-state index in [1.165, 1.54) is 25.7 Å². The van der Waals surface area contributed by atoms with E-state index in [0.29, 0.717) is 25.6 Å². The number of hydrogen-bond donors (Lipinski definition) is 0. The summed E-state index contributed by atoms with van der Waals surface area (Å²) in [5.41, 5.74) is 0. The third kappa shape index (κ3) is 3.58. The third-order valence-corrected chi connectivity index (χ3v) is 5.96. The van der Waals surface area contributed by atoms with E-state index in [2.05, 4.69) is 15.0 Å². The molecule has 0 unspecified atom stereocenters. The maximum absolute atomic E-state index is 12.7. The van der Waals surface area contributed by atoms with Crippen molar-refractivity contribution in [1.29, 1.82) is 0 Å². The number of ether oxygens (including phenoxy) is 1. The van der Waals surface area contributed by atoms with Gasteiger partial charge in [-0.05, 0) is 25.7 Å². The number of amides is 1. The van der Waals surface area contributed by atoms with Gasteiger partial charge < -0.3 is 14.2 Å². The van der Waals surface area contributed by atoms with Crippen LogP contribution in [0.25, 0.3) is 0 Å². The molecule has 1 aliphatic carbocycles. The van der Waals surface area contributed by atoms with Crippen LogP contribution in [0.5, 0.6) is 0 Å². The Labute approximate surface area is 148 Å². The van der Waals surface area contributed by atoms with Crippen LogP contribution in [0.3, 0.4) is 0 Å². The van der Waals surface area contributed by atoms with Crippen LogP contribution in [-0.2, 0) is 16.1 Å². The number of fused-ring (bicyclic) bond motifs is 4. The van der Waals surface area contributed by atoms with E-state index in [-0.39, 0.29) is 17.9 Å². The summed E-state index contributed by atoms with van der Waals surface area (Å²) in [5, 5.41) is 4.20. The first-order valence-electron chi connectivity index (χ1n) is 9.59. The van der Waals surface area contributed by atoms with Crippen molar-refractivity contribution < 1.29 is 14.1 Å². The number of rotatable bonds is 6. The predicted octanol–water partition coefficient (Wildman–Crippen LogP) is 1.80. The van der Waals surface area contributed by atoms with Crippen molar-refractivity contribution in [3.8, 4) is 0 Å². The fraction of sp³-hybridized carbons (Fsp3) is 0.833. The van der Waals surface area contributed by atoms with Crippen LogP contribution in [0.1, 0.15) is 56.2 Å². The Balaban J connectivity index is 1.41. The fourth-order valence-corrected chi connectivity index (χ4v) is 4.61. The van der Waals surface area contributed by atoms with E-state index in [1.807, 2.05) is 4.90 Å². The van der Waals surface area contributed by atoms with Crippen LogP contribution >= 0.6 is 0 Å². The highest BCUT2D eigenvalue weighted by Crippen LogP contribution is 2.33. The summed E-state index contributed by atoms with van der Waals surface area (Å²) in [6.45, 7) is 3.66. The first-order valence-corrected chi connectivity index (χ1v) is 9.59. The van der Waals surface area contributed by atoms with Gasteiger partial charge >= 0.3 is 0 Å². The molecule has 4 aliphatic rings. The highest BCUT2D eigenvalue weighted by Gasteiger charge is 2.40. The summed E-state index contributed by atoms with van der Waals surface area (Å²) in [6, 6.07) is 0.280. The summed E-state index contributed by atoms with van der Waals surface area (Å²) < 4.78 is 10.7. The molecule has 2 atom stereocenters. The molecule has 3 aliphatic heterocycles. The summed E-state index contributed by atoms with van der Waals surface area (Å²) in [7, 11) is 1.69. The van der Waals surface area contributed by atoms with Crippen molar-refractivity contribution >= 4 is 5.91 Å². The second-order valence-electron chi connectivity index (χ2n) is 7.68. The maximum Gasteiger partial charge on any atom is 0.229 e. The highest BCUT2D eigenvalue weighted by atomic mass is 16.5. The number of hydrogen-bond acceptors (Lipinski definition) is 6. The van der Waals surface area contributed by atoms with Gasteiger partial charge in [0.25, 0.3) is 0 Å². The molecule has 1 aromatic rings. The molecule has 138 valence electrons. The Morgan fingerprint density at radius 1 is 1.16 bits per heavy atom. The highest BCUT2D eigenvalue weighted by molar-refractivity contribution is 5.80. The lowest BCUT2D eigenvalue weighted by atomic mass is 9.94. The summed E-state index contributed by atoms with van der Waals surface area (Å²) in [4.78, 5) is 21.7. The molecule has 0 radical (unpaired) electrons. The lowest BCUT2D eigenvalue weighted by Gasteiger charge is -2.35.